The van der Waals surface area contributed by atoms with Crippen molar-refractivity contribution in [1.29, 1.82) is 0 Å². The maximum absolute atomic E-state index is 6.17. The fourth-order valence-corrected chi connectivity index (χ4v) is 2.45. The van der Waals surface area contributed by atoms with Crippen LogP contribution in [-0.4, -0.2) is 15.0 Å². The lowest BCUT2D eigenvalue weighted by Crippen LogP contribution is -1.88. The fraction of sp³-hybridized carbons (Fsp3) is 0.0714. The third kappa shape index (κ3) is 2.67. The fourth-order valence-electron chi connectivity index (χ4n) is 1.95. The molecule has 3 nitrogen and oxygen atoms in total. The van der Waals surface area contributed by atoms with E-state index < -0.39 is 0 Å². The minimum atomic E-state index is 0.604. The Hall–Kier alpha value is -1.71. The molecule has 0 aliphatic carbocycles. The van der Waals surface area contributed by atoms with Crippen LogP contribution in [0.15, 0.2) is 42.9 Å². The van der Waals surface area contributed by atoms with E-state index in [1.807, 2.05) is 36.8 Å². The van der Waals surface area contributed by atoms with Gasteiger partial charge < -0.3 is 9.97 Å². The molecule has 0 atom stereocenters. The maximum atomic E-state index is 6.17. The van der Waals surface area contributed by atoms with Crippen molar-refractivity contribution in [3.05, 3.63) is 64.3 Å². The summed E-state index contributed by atoms with van der Waals surface area (Å²) < 4.78 is 0. The first kappa shape index (κ1) is 12.3. The van der Waals surface area contributed by atoms with Crippen LogP contribution in [0, 0.1) is 0 Å². The highest BCUT2D eigenvalue weighted by molar-refractivity contribution is 6.36. The predicted molar refractivity (Wildman–Crippen MR) is 77.6 cm³/mol. The van der Waals surface area contributed by atoms with Crippen molar-refractivity contribution in [2.45, 2.75) is 6.42 Å². The standard InChI is InChI=1S/C14H11Cl2N3/c15-10-1-2-11(12(16)6-10)13-8-18-14(19-13)5-9-3-4-17-7-9/h1-4,6-8,17H,5H2,(H,18,19). The molecule has 1 aromatic carbocycles. The summed E-state index contributed by atoms with van der Waals surface area (Å²) >= 11 is 12.1. The lowest BCUT2D eigenvalue weighted by molar-refractivity contribution is 1.03. The lowest BCUT2D eigenvalue weighted by Gasteiger charge is -2.00. The molecule has 0 saturated carbocycles. The van der Waals surface area contributed by atoms with Crippen LogP contribution < -0.4 is 0 Å². The molecule has 0 spiro atoms. The third-order valence-electron chi connectivity index (χ3n) is 2.87. The number of H-pyrrole nitrogens is 2. The molecule has 0 amide bonds. The molecular formula is C14H11Cl2N3. The third-order valence-corrected chi connectivity index (χ3v) is 3.42. The molecule has 0 saturated heterocycles. The number of halogens is 2. The highest BCUT2D eigenvalue weighted by Gasteiger charge is 2.09. The average molecular weight is 292 g/mol. The summed E-state index contributed by atoms with van der Waals surface area (Å²) in [5, 5.41) is 1.23. The molecule has 19 heavy (non-hydrogen) atoms. The number of aromatic nitrogens is 3. The minimum absolute atomic E-state index is 0.604. The minimum Gasteiger partial charge on any atom is -0.367 e. The molecule has 2 N–H and O–H groups in total. The van der Waals surface area contributed by atoms with E-state index in [0.717, 1.165) is 23.5 Å². The number of hydrogen-bond acceptors (Lipinski definition) is 1. The smallest absolute Gasteiger partial charge is 0.111 e. The number of benzene rings is 1. The lowest BCUT2D eigenvalue weighted by atomic mass is 10.2. The molecule has 0 bridgehead atoms. The predicted octanol–water partition coefficient (Wildman–Crippen LogP) is 4.30. The molecule has 3 aromatic rings. The van der Waals surface area contributed by atoms with E-state index in [-0.39, 0.29) is 0 Å². The van der Waals surface area contributed by atoms with Crippen LogP contribution in [-0.2, 0) is 6.42 Å². The second-order valence-electron chi connectivity index (χ2n) is 4.25. The van der Waals surface area contributed by atoms with Crippen molar-refractivity contribution >= 4 is 23.2 Å². The van der Waals surface area contributed by atoms with Gasteiger partial charge >= 0.3 is 0 Å². The van der Waals surface area contributed by atoms with Crippen LogP contribution >= 0.6 is 23.2 Å². The highest BCUT2D eigenvalue weighted by Crippen LogP contribution is 2.29. The number of hydrogen-bond donors (Lipinski definition) is 2. The van der Waals surface area contributed by atoms with Crippen molar-refractivity contribution in [3.8, 4) is 11.3 Å². The Morgan fingerprint density at radius 2 is 2.00 bits per heavy atom. The highest BCUT2D eigenvalue weighted by atomic mass is 35.5. The maximum Gasteiger partial charge on any atom is 0.111 e. The Balaban J connectivity index is 1.88. The first-order valence-electron chi connectivity index (χ1n) is 5.84. The van der Waals surface area contributed by atoms with Gasteiger partial charge in [0.15, 0.2) is 0 Å². The van der Waals surface area contributed by atoms with Crippen molar-refractivity contribution in [2.75, 3.05) is 0 Å². The zero-order chi connectivity index (χ0) is 13.2. The molecular weight excluding hydrogens is 281 g/mol. The molecule has 0 radical (unpaired) electrons. The van der Waals surface area contributed by atoms with Gasteiger partial charge in [0.05, 0.1) is 10.7 Å². The Morgan fingerprint density at radius 1 is 1.11 bits per heavy atom. The number of nitrogens with one attached hydrogen (secondary N) is 2. The van der Waals surface area contributed by atoms with Gasteiger partial charge in [-0.15, -0.1) is 0 Å². The first-order chi connectivity index (χ1) is 9.22. The van der Waals surface area contributed by atoms with Crippen LogP contribution in [0.3, 0.4) is 0 Å². The van der Waals surface area contributed by atoms with Crippen molar-refractivity contribution in [2.24, 2.45) is 0 Å². The summed E-state index contributed by atoms with van der Waals surface area (Å²) in [7, 11) is 0. The normalized spacial score (nSPS) is 10.8. The Bertz CT molecular complexity index is 687. The van der Waals surface area contributed by atoms with Gasteiger partial charge in [0.1, 0.15) is 5.82 Å². The second kappa shape index (κ2) is 5.11. The Labute approximate surface area is 120 Å². The monoisotopic (exact) mass is 291 g/mol. The van der Waals surface area contributed by atoms with Crippen molar-refractivity contribution in [1.82, 2.24) is 15.0 Å². The van der Waals surface area contributed by atoms with Gasteiger partial charge in [-0.3, -0.25) is 0 Å². The number of nitrogens with zero attached hydrogens (tertiary/aromatic N) is 1. The summed E-state index contributed by atoms with van der Waals surface area (Å²) in [5.74, 6) is 0.903. The number of imidazole rings is 1. The van der Waals surface area contributed by atoms with Crippen molar-refractivity contribution in [3.63, 3.8) is 0 Å². The van der Waals surface area contributed by atoms with E-state index in [4.69, 9.17) is 23.2 Å². The van der Waals surface area contributed by atoms with Gasteiger partial charge in [-0.1, -0.05) is 23.2 Å². The number of rotatable bonds is 3. The van der Waals surface area contributed by atoms with Gasteiger partial charge in [-0.2, -0.15) is 0 Å². The summed E-state index contributed by atoms with van der Waals surface area (Å²) in [6, 6.07) is 7.43. The van der Waals surface area contributed by atoms with Gasteiger partial charge in [0, 0.05) is 35.6 Å². The molecule has 2 aromatic heterocycles. The molecule has 0 aliphatic heterocycles. The van der Waals surface area contributed by atoms with Gasteiger partial charge in [0.25, 0.3) is 0 Å². The molecule has 96 valence electrons. The quantitative estimate of drug-likeness (QED) is 0.742. The SMILES string of the molecule is Clc1ccc(-c2c[nH]c(Cc3cc[nH]c3)n2)c(Cl)c1. The largest absolute Gasteiger partial charge is 0.367 e. The van der Waals surface area contributed by atoms with Gasteiger partial charge in [0.2, 0.25) is 0 Å². The van der Waals surface area contributed by atoms with Crippen molar-refractivity contribution < 1.29 is 0 Å². The zero-order valence-corrected chi connectivity index (χ0v) is 11.5. The van der Waals surface area contributed by atoms with Gasteiger partial charge in [-0.05, 0) is 29.8 Å². The molecule has 0 aliphatic rings. The van der Waals surface area contributed by atoms with E-state index >= 15 is 0 Å². The topological polar surface area (TPSA) is 44.5 Å². The van der Waals surface area contributed by atoms with Crippen LogP contribution in [0.5, 0.6) is 0 Å². The van der Waals surface area contributed by atoms with E-state index in [1.54, 1.807) is 6.07 Å². The summed E-state index contributed by atoms with van der Waals surface area (Å²) in [5.41, 5.74) is 2.89. The van der Waals surface area contributed by atoms with E-state index in [0.29, 0.717) is 10.0 Å². The Morgan fingerprint density at radius 3 is 2.74 bits per heavy atom. The van der Waals surface area contributed by atoms with E-state index in [2.05, 4.69) is 15.0 Å². The Kier molecular flexibility index (Phi) is 3.32. The average Bonchev–Trinajstić information content (AvgIpc) is 3.01. The van der Waals surface area contributed by atoms with Crippen LogP contribution in [0.4, 0.5) is 0 Å². The first-order valence-corrected chi connectivity index (χ1v) is 6.59. The summed E-state index contributed by atoms with van der Waals surface area (Å²) in [6.07, 6.45) is 6.47. The summed E-state index contributed by atoms with van der Waals surface area (Å²) in [6.45, 7) is 0. The van der Waals surface area contributed by atoms with Gasteiger partial charge in [-0.25, -0.2) is 4.98 Å². The molecule has 0 unspecified atom stereocenters. The number of aromatic amines is 2. The van der Waals surface area contributed by atoms with Crippen LogP contribution in [0.2, 0.25) is 10.0 Å². The molecule has 5 heteroatoms. The van der Waals surface area contributed by atoms with Crippen LogP contribution in [0.1, 0.15) is 11.4 Å². The summed E-state index contributed by atoms with van der Waals surface area (Å²) in [4.78, 5) is 10.7. The van der Waals surface area contributed by atoms with E-state index in [9.17, 15) is 0 Å². The second-order valence-corrected chi connectivity index (χ2v) is 5.10. The van der Waals surface area contributed by atoms with Crippen LogP contribution in [0.25, 0.3) is 11.3 Å². The zero-order valence-electron chi connectivity index (χ0n) is 9.95. The molecule has 3 rings (SSSR count). The molecule has 0 fully saturated rings. The molecule has 2 heterocycles. The van der Waals surface area contributed by atoms with E-state index in [1.165, 1.54) is 5.56 Å².